The molecule has 0 radical (unpaired) electrons. The highest BCUT2D eigenvalue weighted by molar-refractivity contribution is 5.94. The van der Waals surface area contributed by atoms with Gasteiger partial charge in [0.1, 0.15) is 0 Å². The van der Waals surface area contributed by atoms with E-state index in [0.717, 1.165) is 12.1 Å². The Morgan fingerprint density at radius 2 is 2.18 bits per heavy atom. The average Bonchev–Trinajstić information content (AvgIpc) is 2.87. The zero-order valence-electron chi connectivity index (χ0n) is 8.71. The van der Waals surface area contributed by atoms with Crippen LogP contribution in [0, 0.1) is 11.7 Å². The van der Waals surface area contributed by atoms with E-state index in [0.29, 0.717) is 0 Å². The summed E-state index contributed by atoms with van der Waals surface area (Å²) in [5.74, 6) is -5.63. The summed E-state index contributed by atoms with van der Waals surface area (Å²) < 4.78 is 38.0. The fourth-order valence-corrected chi connectivity index (χ4v) is 1.46. The molecule has 3 nitrogen and oxygen atoms in total. The number of halogens is 3. The normalized spacial score (nSPS) is 21.0. The van der Waals surface area contributed by atoms with Crippen LogP contribution in [0.15, 0.2) is 18.2 Å². The molecule has 1 amide bonds. The minimum absolute atomic E-state index is 0.00994. The Kier molecular flexibility index (Phi) is 2.73. The monoisotopic (exact) mass is 245 g/mol. The van der Waals surface area contributed by atoms with Gasteiger partial charge in [-0.15, -0.1) is 0 Å². The molecule has 1 aliphatic rings. The highest BCUT2D eigenvalue weighted by atomic mass is 19.3. The Balaban J connectivity index is 1.93. The molecule has 17 heavy (non-hydrogen) atoms. The molecule has 1 aromatic carbocycles. The van der Waals surface area contributed by atoms with Crippen molar-refractivity contribution in [2.24, 2.45) is 5.92 Å². The van der Waals surface area contributed by atoms with Gasteiger partial charge in [0, 0.05) is 24.4 Å². The molecule has 6 heteroatoms. The predicted molar refractivity (Wildman–Crippen MR) is 53.5 cm³/mol. The molecule has 1 unspecified atom stereocenters. The number of phenols is 1. The number of carbonyl (C=O) groups excluding carboxylic acids is 1. The average molecular weight is 245 g/mol. The molecule has 0 spiro atoms. The van der Waals surface area contributed by atoms with E-state index < -0.39 is 29.3 Å². The van der Waals surface area contributed by atoms with Crippen LogP contribution in [-0.2, 0) is 0 Å². The quantitative estimate of drug-likeness (QED) is 0.854. The molecular formula is C11H10F3NO2. The lowest BCUT2D eigenvalue weighted by Gasteiger charge is -2.05. The summed E-state index contributed by atoms with van der Waals surface area (Å²) in [5, 5.41) is 11.2. The highest BCUT2D eigenvalue weighted by Crippen LogP contribution is 2.47. The second-order valence-electron chi connectivity index (χ2n) is 4.04. The second-order valence-corrected chi connectivity index (χ2v) is 4.04. The number of benzene rings is 1. The van der Waals surface area contributed by atoms with Crippen LogP contribution in [0.25, 0.3) is 0 Å². The van der Waals surface area contributed by atoms with E-state index in [1.165, 1.54) is 6.07 Å². The summed E-state index contributed by atoms with van der Waals surface area (Å²) in [7, 11) is 0. The number of phenolic OH excluding ortho intramolecular Hbond substituents is 1. The fourth-order valence-electron chi connectivity index (χ4n) is 1.46. The largest absolute Gasteiger partial charge is 0.505 e. The number of hydrogen-bond donors (Lipinski definition) is 2. The zero-order chi connectivity index (χ0) is 12.6. The lowest BCUT2D eigenvalue weighted by atomic mass is 10.2. The van der Waals surface area contributed by atoms with Crippen molar-refractivity contribution in [2.45, 2.75) is 12.3 Å². The summed E-state index contributed by atoms with van der Waals surface area (Å²) >= 11 is 0. The van der Waals surface area contributed by atoms with Crippen molar-refractivity contribution in [3.63, 3.8) is 0 Å². The smallest absolute Gasteiger partial charge is 0.253 e. The summed E-state index contributed by atoms with van der Waals surface area (Å²) in [5.41, 5.74) is -0.00994. The van der Waals surface area contributed by atoms with Gasteiger partial charge in [-0.25, -0.2) is 13.2 Å². The van der Waals surface area contributed by atoms with Gasteiger partial charge in [0.2, 0.25) is 0 Å². The van der Waals surface area contributed by atoms with Crippen molar-refractivity contribution in [2.75, 3.05) is 6.54 Å². The molecule has 1 aliphatic carbocycles. The van der Waals surface area contributed by atoms with E-state index in [1.54, 1.807) is 0 Å². The number of rotatable bonds is 3. The molecule has 0 aliphatic heterocycles. The molecule has 0 saturated heterocycles. The molecule has 0 aromatic heterocycles. The standard InChI is InChI=1S/C11H10F3NO2/c12-8-3-6(1-2-9(8)16)10(17)15-5-7-4-11(7,13)14/h1-3,7,16H,4-5H2,(H,15,17). The zero-order valence-corrected chi connectivity index (χ0v) is 8.71. The molecule has 1 saturated carbocycles. The van der Waals surface area contributed by atoms with Crippen LogP contribution in [-0.4, -0.2) is 23.5 Å². The molecule has 92 valence electrons. The maximum Gasteiger partial charge on any atom is 0.253 e. The first-order valence-electron chi connectivity index (χ1n) is 5.04. The predicted octanol–water partition coefficient (Wildman–Crippen LogP) is 1.92. The Bertz CT molecular complexity index is 462. The first kappa shape index (κ1) is 11.8. The van der Waals surface area contributed by atoms with E-state index >= 15 is 0 Å². The molecule has 2 N–H and O–H groups in total. The van der Waals surface area contributed by atoms with E-state index in [1.807, 2.05) is 0 Å². The third kappa shape index (κ3) is 2.51. The van der Waals surface area contributed by atoms with Crippen LogP contribution in [0.1, 0.15) is 16.8 Å². The van der Waals surface area contributed by atoms with E-state index in [4.69, 9.17) is 5.11 Å². The van der Waals surface area contributed by atoms with Crippen molar-refractivity contribution >= 4 is 5.91 Å². The van der Waals surface area contributed by atoms with Gasteiger partial charge in [-0.05, 0) is 18.2 Å². The third-order valence-electron chi connectivity index (χ3n) is 2.67. The number of hydrogen-bond acceptors (Lipinski definition) is 2. The Morgan fingerprint density at radius 1 is 1.53 bits per heavy atom. The van der Waals surface area contributed by atoms with Crippen molar-refractivity contribution in [1.29, 1.82) is 0 Å². The number of alkyl halides is 2. The van der Waals surface area contributed by atoms with Crippen molar-refractivity contribution < 1.29 is 23.1 Å². The number of nitrogens with one attached hydrogen (secondary N) is 1. The van der Waals surface area contributed by atoms with E-state index in [2.05, 4.69) is 5.32 Å². The van der Waals surface area contributed by atoms with Gasteiger partial charge in [-0.2, -0.15) is 0 Å². The van der Waals surface area contributed by atoms with Gasteiger partial charge in [-0.1, -0.05) is 0 Å². The van der Waals surface area contributed by atoms with Crippen LogP contribution in [0.4, 0.5) is 13.2 Å². The van der Waals surface area contributed by atoms with Gasteiger partial charge in [0.05, 0.1) is 0 Å². The van der Waals surface area contributed by atoms with Crippen molar-refractivity contribution in [3.8, 4) is 5.75 Å². The van der Waals surface area contributed by atoms with E-state index in [9.17, 15) is 18.0 Å². The first-order chi connectivity index (χ1) is 7.90. The molecule has 0 bridgehead atoms. The summed E-state index contributed by atoms with van der Waals surface area (Å²) in [4.78, 5) is 11.4. The SMILES string of the molecule is O=C(NCC1CC1(F)F)c1ccc(O)c(F)c1. The Morgan fingerprint density at radius 3 is 2.71 bits per heavy atom. The molecule has 0 heterocycles. The number of carbonyl (C=O) groups is 1. The molecule has 1 atom stereocenters. The van der Waals surface area contributed by atoms with Crippen LogP contribution in [0.2, 0.25) is 0 Å². The molecule has 1 fully saturated rings. The Hall–Kier alpha value is -1.72. The minimum atomic E-state index is -2.69. The minimum Gasteiger partial charge on any atom is -0.505 e. The van der Waals surface area contributed by atoms with Crippen molar-refractivity contribution in [1.82, 2.24) is 5.32 Å². The van der Waals surface area contributed by atoms with Gasteiger partial charge in [0.15, 0.2) is 11.6 Å². The van der Waals surface area contributed by atoms with Gasteiger partial charge >= 0.3 is 0 Å². The summed E-state index contributed by atoms with van der Waals surface area (Å²) in [6, 6.07) is 3.12. The number of aromatic hydroxyl groups is 1. The maximum atomic E-state index is 12.9. The Labute approximate surface area is 95.3 Å². The van der Waals surface area contributed by atoms with Gasteiger partial charge in [-0.3, -0.25) is 4.79 Å². The lowest BCUT2D eigenvalue weighted by Crippen LogP contribution is -2.26. The summed E-state index contributed by atoms with van der Waals surface area (Å²) in [6.45, 7) is -0.131. The van der Waals surface area contributed by atoms with Crippen LogP contribution < -0.4 is 5.32 Å². The topological polar surface area (TPSA) is 49.3 Å². The maximum absolute atomic E-state index is 12.9. The fraction of sp³-hybridized carbons (Fsp3) is 0.364. The van der Waals surface area contributed by atoms with Crippen LogP contribution in [0.3, 0.4) is 0 Å². The summed E-state index contributed by atoms with van der Waals surface area (Å²) in [6.07, 6.45) is -0.225. The molecule has 1 aromatic rings. The molecular weight excluding hydrogens is 235 g/mol. The van der Waals surface area contributed by atoms with Crippen LogP contribution >= 0.6 is 0 Å². The second kappa shape index (κ2) is 3.94. The highest BCUT2D eigenvalue weighted by Gasteiger charge is 2.56. The third-order valence-corrected chi connectivity index (χ3v) is 2.67. The molecule has 2 rings (SSSR count). The van der Waals surface area contributed by atoms with E-state index in [-0.39, 0.29) is 18.5 Å². The lowest BCUT2D eigenvalue weighted by molar-refractivity contribution is 0.0895. The number of amides is 1. The van der Waals surface area contributed by atoms with Crippen LogP contribution in [0.5, 0.6) is 5.75 Å². The van der Waals surface area contributed by atoms with Gasteiger partial charge < -0.3 is 10.4 Å². The first-order valence-corrected chi connectivity index (χ1v) is 5.04. The van der Waals surface area contributed by atoms with Crippen molar-refractivity contribution in [3.05, 3.63) is 29.6 Å². The van der Waals surface area contributed by atoms with Gasteiger partial charge in [0.25, 0.3) is 11.8 Å².